The molecule has 2 aromatic carbocycles. The van der Waals surface area contributed by atoms with E-state index in [1.165, 1.54) is 11.9 Å². The fourth-order valence-corrected chi connectivity index (χ4v) is 4.54. The maximum Gasteiger partial charge on any atom is 0.251 e. The minimum Gasteiger partial charge on any atom is -0.480 e. The summed E-state index contributed by atoms with van der Waals surface area (Å²) < 4.78 is 8.81. The van der Waals surface area contributed by atoms with Gasteiger partial charge in [0.15, 0.2) is 0 Å². The van der Waals surface area contributed by atoms with E-state index in [2.05, 4.69) is 26.1 Å². The molecule has 0 saturated heterocycles. The Balaban J connectivity index is 1.70. The van der Waals surface area contributed by atoms with Crippen LogP contribution in [0.3, 0.4) is 0 Å². The van der Waals surface area contributed by atoms with Crippen molar-refractivity contribution in [3.8, 4) is 28.3 Å². The van der Waals surface area contributed by atoms with Crippen LogP contribution in [0.1, 0.15) is 21.6 Å². The van der Waals surface area contributed by atoms with Gasteiger partial charge in [-0.05, 0) is 78.5 Å². The van der Waals surface area contributed by atoms with Crippen LogP contribution < -0.4 is 14.8 Å². The Bertz CT molecular complexity index is 1520. The van der Waals surface area contributed by atoms with Crippen LogP contribution in [0.15, 0.2) is 96.3 Å². The van der Waals surface area contributed by atoms with Crippen LogP contribution in [0.25, 0.3) is 22.4 Å². The molecule has 0 spiro atoms. The highest BCUT2D eigenvalue weighted by Crippen LogP contribution is 2.31. The Morgan fingerprint density at radius 3 is 2.57 bits per heavy atom. The molecule has 2 aromatic heterocycles. The van der Waals surface area contributed by atoms with Gasteiger partial charge < -0.3 is 14.8 Å². The molecule has 0 aliphatic carbocycles. The molecule has 7 nitrogen and oxygen atoms in total. The Labute approximate surface area is 219 Å². The molecule has 37 heavy (non-hydrogen) atoms. The van der Waals surface area contributed by atoms with E-state index < -0.39 is 0 Å². The highest BCUT2D eigenvalue weighted by molar-refractivity contribution is 8.00. The van der Waals surface area contributed by atoms with Crippen molar-refractivity contribution in [2.75, 3.05) is 11.8 Å². The molecule has 0 atom stereocenters. The first kappa shape index (κ1) is 24.3. The molecule has 0 radical (unpaired) electrons. The van der Waals surface area contributed by atoms with Gasteiger partial charge in [0.2, 0.25) is 5.88 Å². The molecule has 4 aromatic rings. The summed E-state index contributed by atoms with van der Waals surface area (Å²) in [5.41, 5.74) is 6.52. The van der Waals surface area contributed by atoms with Crippen LogP contribution in [0.4, 0.5) is 5.69 Å². The van der Waals surface area contributed by atoms with Crippen LogP contribution in [0.2, 0.25) is 0 Å². The van der Waals surface area contributed by atoms with Crippen LogP contribution in [0, 0.1) is 6.92 Å². The molecule has 1 amide bonds. The first-order valence-electron chi connectivity index (χ1n) is 11.7. The summed E-state index contributed by atoms with van der Waals surface area (Å²) in [6, 6.07) is 23.2. The molecule has 0 fully saturated rings. The third kappa shape index (κ3) is 5.87. The largest absolute Gasteiger partial charge is 0.480 e. The number of methoxy groups -OCH3 is 1. The smallest absolute Gasteiger partial charge is 0.251 e. The quantitative estimate of drug-likeness (QED) is 0.305. The SMILES string of the molecule is COc1ncc2cc1NSc1cccc(c1)C(=O)NCc1cccc(c1)-c1ccnc(C)ccc-2nc1. The number of fused-ring (bicyclic) bond motifs is 11. The zero-order valence-corrected chi connectivity index (χ0v) is 21.3. The van der Waals surface area contributed by atoms with E-state index in [4.69, 9.17) is 9.72 Å². The fraction of sp³-hybridized carbons (Fsp3) is 0.103. The number of pyridine rings is 1. The number of rotatable bonds is 1. The number of carbonyl (C=O) groups excluding carboxylic acids is 1. The lowest BCUT2D eigenvalue weighted by Gasteiger charge is -2.12. The molecular weight excluding hydrogens is 482 g/mol. The first-order chi connectivity index (χ1) is 18.1. The molecule has 3 heterocycles. The molecule has 8 bridgehead atoms. The van der Waals surface area contributed by atoms with Gasteiger partial charge in [-0.15, -0.1) is 0 Å². The van der Waals surface area contributed by atoms with Gasteiger partial charge in [0, 0.05) is 52.4 Å². The van der Waals surface area contributed by atoms with Crippen molar-refractivity contribution in [3.05, 3.63) is 108 Å². The second kappa shape index (κ2) is 11.1. The van der Waals surface area contributed by atoms with Crippen molar-refractivity contribution >= 4 is 23.5 Å². The van der Waals surface area contributed by atoms with Crippen molar-refractivity contribution in [3.63, 3.8) is 0 Å². The monoisotopic (exact) mass is 507 g/mol. The average Bonchev–Trinajstić information content (AvgIpc) is 2.93. The van der Waals surface area contributed by atoms with Gasteiger partial charge in [0.05, 0.1) is 12.8 Å². The van der Waals surface area contributed by atoms with Crippen LogP contribution >= 0.6 is 11.9 Å². The number of nitrogens with one attached hydrogen (secondary N) is 2. The van der Waals surface area contributed by atoms with E-state index in [0.29, 0.717) is 23.7 Å². The minimum atomic E-state index is -0.140. The maximum atomic E-state index is 12.9. The van der Waals surface area contributed by atoms with E-state index in [1.54, 1.807) is 25.6 Å². The highest BCUT2D eigenvalue weighted by Gasteiger charge is 2.11. The molecule has 1 aliphatic rings. The zero-order chi connectivity index (χ0) is 25.6. The summed E-state index contributed by atoms with van der Waals surface area (Å²) in [5, 5.41) is 3.02. The summed E-state index contributed by atoms with van der Waals surface area (Å²) in [5.74, 6) is 0.316. The highest BCUT2D eigenvalue weighted by atomic mass is 32.2. The van der Waals surface area contributed by atoms with Crippen molar-refractivity contribution in [1.29, 1.82) is 0 Å². The third-order valence-corrected chi connectivity index (χ3v) is 6.60. The second-order valence-electron chi connectivity index (χ2n) is 8.41. The number of anilines is 1. The number of carbonyl (C=O) groups is 1. The normalized spacial score (nSPS) is 12.3. The minimum absolute atomic E-state index is 0.140. The van der Waals surface area contributed by atoms with E-state index in [-0.39, 0.29) is 5.91 Å². The lowest BCUT2D eigenvalue weighted by Crippen LogP contribution is -2.22. The lowest BCUT2D eigenvalue weighted by atomic mass is 10.1. The molecule has 8 heteroatoms. The summed E-state index contributed by atoms with van der Waals surface area (Å²) in [4.78, 5) is 27.6. The van der Waals surface area contributed by atoms with Crippen molar-refractivity contribution < 1.29 is 9.53 Å². The van der Waals surface area contributed by atoms with Gasteiger partial charge in [-0.3, -0.25) is 14.8 Å². The van der Waals surface area contributed by atoms with E-state index >= 15 is 0 Å². The second-order valence-corrected chi connectivity index (χ2v) is 9.29. The zero-order valence-electron chi connectivity index (χ0n) is 20.4. The lowest BCUT2D eigenvalue weighted by molar-refractivity contribution is 0.0950. The Hall–Kier alpha value is -4.43. The van der Waals surface area contributed by atoms with Crippen LogP contribution in [-0.2, 0) is 6.54 Å². The van der Waals surface area contributed by atoms with Gasteiger partial charge in [-0.1, -0.05) is 24.3 Å². The molecular formula is C29H25N5O2S. The van der Waals surface area contributed by atoms with E-state index in [9.17, 15) is 4.79 Å². The Morgan fingerprint density at radius 1 is 0.838 bits per heavy atom. The van der Waals surface area contributed by atoms with E-state index in [0.717, 1.165) is 38.5 Å². The Kier molecular flexibility index (Phi) is 7.28. The number of nitrogens with zero attached hydrogens (tertiary/aromatic N) is 3. The number of ether oxygens (including phenoxy) is 1. The van der Waals surface area contributed by atoms with Gasteiger partial charge >= 0.3 is 0 Å². The van der Waals surface area contributed by atoms with Gasteiger partial charge in [0.25, 0.3) is 5.91 Å². The number of aryl methyl sites for hydroxylation is 1. The fourth-order valence-electron chi connectivity index (χ4n) is 3.83. The summed E-state index contributed by atoms with van der Waals surface area (Å²) in [7, 11) is 1.58. The average molecular weight is 508 g/mol. The summed E-state index contributed by atoms with van der Waals surface area (Å²) in [6.45, 7) is 2.34. The number of hydrogen-bond acceptors (Lipinski definition) is 7. The topological polar surface area (TPSA) is 89.0 Å². The number of hydrogen-bond donors (Lipinski definition) is 2. The molecule has 0 unspecified atom stereocenters. The van der Waals surface area contributed by atoms with Gasteiger partial charge in [0.1, 0.15) is 5.69 Å². The number of amides is 1. The molecule has 5 rings (SSSR count). The van der Waals surface area contributed by atoms with Crippen LogP contribution in [0.5, 0.6) is 5.88 Å². The molecule has 0 saturated carbocycles. The van der Waals surface area contributed by atoms with Crippen LogP contribution in [-0.4, -0.2) is 28.0 Å². The predicted octanol–water partition coefficient (Wildman–Crippen LogP) is 6.01. The van der Waals surface area contributed by atoms with Crippen molar-refractivity contribution in [1.82, 2.24) is 20.3 Å². The maximum absolute atomic E-state index is 12.9. The summed E-state index contributed by atoms with van der Waals surface area (Å²) >= 11 is 1.38. The number of aromatic nitrogens is 3. The van der Waals surface area contributed by atoms with Crippen molar-refractivity contribution in [2.45, 2.75) is 18.4 Å². The van der Waals surface area contributed by atoms with Gasteiger partial charge in [-0.2, -0.15) is 0 Å². The van der Waals surface area contributed by atoms with Gasteiger partial charge in [-0.25, -0.2) is 4.98 Å². The Morgan fingerprint density at radius 2 is 1.68 bits per heavy atom. The third-order valence-electron chi connectivity index (χ3n) is 5.79. The van der Waals surface area contributed by atoms with Crippen molar-refractivity contribution in [2.24, 2.45) is 0 Å². The first-order valence-corrected chi connectivity index (χ1v) is 12.5. The predicted molar refractivity (Wildman–Crippen MR) is 147 cm³/mol. The van der Waals surface area contributed by atoms with E-state index in [1.807, 2.05) is 73.8 Å². The number of benzene rings is 2. The summed E-state index contributed by atoms with van der Waals surface area (Å²) in [6.07, 6.45) is 5.33. The molecule has 184 valence electrons. The molecule has 1 aliphatic heterocycles. The molecule has 2 N–H and O–H groups in total. The standard InChI is InChI=1S/C29H25N5O2S/c1-19-9-10-26-24-15-27(29(36-2)33-18-24)34-37-25-8-4-7-22(14-25)28(35)32-16-20-5-3-6-21(13-20)23(17-31-26)11-12-30-19/h3-15,17-18,34H,16H2,1-2H3,(H,32,35).